The van der Waals surface area contributed by atoms with Crippen LogP contribution >= 0.6 is 0 Å². The third-order valence-corrected chi connectivity index (χ3v) is 3.54. The van der Waals surface area contributed by atoms with E-state index in [2.05, 4.69) is 17.1 Å². The third-order valence-electron chi connectivity index (χ3n) is 3.54. The van der Waals surface area contributed by atoms with Gasteiger partial charge in [0, 0.05) is 19.0 Å². The Morgan fingerprint density at radius 2 is 2.30 bits per heavy atom. The maximum absolute atomic E-state index is 12.0. The lowest BCUT2D eigenvalue weighted by molar-refractivity contribution is -0.134. The Morgan fingerprint density at radius 1 is 1.45 bits per heavy atom. The number of unbranched alkanes of at least 4 members (excludes halogenated alkanes) is 1. The average molecular weight is 277 g/mol. The number of ether oxygens (including phenoxy) is 1. The maximum atomic E-state index is 12.0. The van der Waals surface area contributed by atoms with Crippen molar-refractivity contribution in [3.63, 3.8) is 0 Å². The smallest absolute Gasteiger partial charge is 0.233 e. The summed E-state index contributed by atoms with van der Waals surface area (Å²) in [5.74, 6) is 0.790. The van der Waals surface area contributed by atoms with E-state index in [4.69, 9.17) is 4.74 Å². The Morgan fingerprint density at radius 3 is 3.00 bits per heavy atom. The van der Waals surface area contributed by atoms with Crippen LogP contribution in [0, 0.1) is 6.92 Å². The van der Waals surface area contributed by atoms with Crippen LogP contribution in [-0.2, 0) is 4.79 Å². The highest BCUT2D eigenvalue weighted by molar-refractivity contribution is 5.76. The van der Waals surface area contributed by atoms with Crippen LogP contribution in [0.3, 0.4) is 0 Å². The quantitative estimate of drug-likeness (QED) is 0.829. The molecule has 0 saturated carbocycles. The Hall–Kier alpha value is -1.65. The molecule has 1 fully saturated rings. The van der Waals surface area contributed by atoms with Crippen molar-refractivity contribution >= 4 is 5.91 Å². The van der Waals surface area contributed by atoms with Crippen LogP contribution in [0.1, 0.15) is 44.7 Å². The highest BCUT2D eigenvalue weighted by Crippen LogP contribution is 2.17. The van der Waals surface area contributed by atoms with Crippen LogP contribution in [-0.4, -0.2) is 40.2 Å². The number of carbonyl (C=O) groups is 1. The summed E-state index contributed by atoms with van der Waals surface area (Å²) in [6.45, 7) is 5.51. The van der Waals surface area contributed by atoms with Crippen molar-refractivity contribution in [3.8, 4) is 5.88 Å². The molecule has 0 bridgehead atoms. The van der Waals surface area contributed by atoms with Crippen LogP contribution in [0.5, 0.6) is 5.88 Å². The predicted molar refractivity (Wildman–Crippen MR) is 76.5 cm³/mol. The maximum Gasteiger partial charge on any atom is 0.233 e. The lowest BCUT2D eigenvalue weighted by atomic mass is 10.1. The van der Waals surface area contributed by atoms with E-state index in [1.165, 1.54) is 0 Å². The second-order valence-electron chi connectivity index (χ2n) is 5.34. The first-order valence-electron chi connectivity index (χ1n) is 7.44. The number of amides is 1. The van der Waals surface area contributed by atoms with Crippen molar-refractivity contribution in [1.29, 1.82) is 0 Å². The molecule has 2 heterocycles. The monoisotopic (exact) mass is 277 g/mol. The summed E-state index contributed by atoms with van der Waals surface area (Å²) >= 11 is 0. The molecule has 2 rings (SSSR count). The summed E-state index contributed by atoms with van der Waals surface area (Å²) in [7, 11) is 0. The first-order valence-corrected chi connectivity index (χ1v) is 7.44. The van der Waals surface area contributed by atoms with Gasteiger partial charge in [0.05, 0.1) is 12.2 Å². The molecule has 1 saturated heterocycles. The number of hydrogen-bond donors (Lipinski definition) is 0. The summed E-state index contributed by atoms with van der Waals surface area (Å²) in [4.78, 5) is 14.0. The molecule has 1 amide bonds. The molecule has 1 atom stereocenters. The fourth-order valence-corrected chi connectivity index (χ4v) is 2.37. The first kappa shape index (κ1) is 14.8. The number of piperidine rings is 1. The summed E-state index contributed by atoms with van der Waals surface area (Å²) in [5.41, 5.74) is 0.873. The zero-order chi connectivity index (χ0) is 14.4. The highest BCUT2D eigenvalue weighted by Gasteiger charge is 2.24. The molecule has 20 heavy (non-hydrogen) atoms. The number of aromatic nitrogens is 2. The molecule has 1 aromatic heterocycles. The van der Waals surface area contributed by atoms with Gasteiger partial charge < -0.3 is 9.64 Å². The molecular weight excluding hydrogens is 254 g/mol. The summed E-state index contributed by atoms with van der Waals surface area (Å²) in [6, 6.07) is 3.72. The van der Waals surface area contributed by atoms with Crippen LogP contribution in [0.2, 0.25) is 0 Å². The minimum absolute atomic E-state index is 0.0336. The average Bonchev–Trinajstić information content (AvgIpc) is 2.47. The van der Waals surface area contributed by atoms with E-state index in [9.17, 15) is 4.79 Å². The van der Waals surface area contributed by atoms with Gasteiger partial charge in [-0.2, -0.15) is 5.10 Å². The molecule has 110 valence electrons. The fourth-order valence-electron chi connectivity index (χ4n) is 2.37. The van der Waals surface area contributed by atoms with Crippen LogP contribution in [0.15, 0.2) is 12.1 Å². The van der Waals surface area contributed by atoms with Crippen LogP contribution < -0.4 is 4.74 Å². The zero-order valence-electron chi connectivity index (χ0n) is 12.3. The lowest BCUT2D eigenvalue weighted by Crippen LogP contribution is -2.44. The molecule has 5 heteroatoms. The van der Waals surface area contributed by atoms with Crippen molar-refractivity contribution in [3.05, 3.63) is 17.8 Å². The third kappa shape index (κ3) is 4.18. The van der Waals surface area contributed by atoms with Crippen molar-refractivity contribution < 1.29 is 9.53 Å². The minimum atomic E-state index is 0.0336. The van der Waals surface area contributed by atoms with Gasteiger partial charge in [0.15, 0.2) is 0 Å². The summed E-state index contributed by atoms with van der Waals surface area (Å²) in [6.07, 6.45) is 4.65. The molecule has 1 aliphatic heterocycles. The van der Waals surface area contributed by atoms with Gasteiger partial charge in [0.25, 0.3) is 0 Å². The Labute approximate surface area is 120 Å². The van der Waals surface area contributed by atoms with E-state index in [1.54, 1.807) is 0 Å². The van der Waals surface area contributed by atoms with E-state index < -0.39 is 0 Å². The topological polar surface area (TPSA) is 55.3 Å². The minimum Gasteiger partial charge on any atom is -0.471 e. The SMILES string of the molecule is CCCCC(=O)N1CCCC(Oc2ccc(C)nn2)C1. The van der Waals surface area contributed by atoms with Crippen molar-refractivity contribution in [2.75, 3.05) is 13.1 Å². The molecule has 1 aromatic rings. The Kier molecular flexibility index (Phi) is 5.32. The Bertz CT molecular complexity index is 433. The highest BCUT2D eigenvalue weighted by atomic mass is 16.5. The van der Waals surface area contributed by atoms with Crippen LogP contribution in [0.4, 0.5) is 0 Å². The molecular formula is C15H23N3O2. The Balaban J connectivity index is 1.86. The predicted octanol–water partition coefficient (Wildman–Crippen LogP) is 2.35. The lowest BCUT2D eigenvalue weighted by Gasteiger charge is -2.32. The molecule has 0 spiro atoms. The normalized spacial score (nSPS) is 18.9. The van der Waals surface area contributed by atoms with E-state index in [-0.39, 0.29) is 12.0 Å². The zero-order valence-corrected chi connectivity index (χ0v) is 12.3. The molecule has 5 nitrogen and oxygen atoms in total. The fraction of sp³-hybridized carbons (Fsp3) is 0.667. The second kappa shape index (κ2) is 7.22. The van der Waals surface area contributed by atoms with E-state index in [0.29, 0.717) is 18.8 Å². The molecule has 1 aliphatic rings. The van der Waals surface area contributed by atoms with Gasteiger partial charge in [0.1, 0.15) is 6.10 Å². The van der Waals surface area contributed by atoms with Gasteiger partial charge in [-0.15, -0.1) is 5.10 Å². The van der Waals surface area contributed by atoms with Gasteiger partial charge in [0.2, 0.25) is 11.8 Å². The summed E-state index contributed by atoms with van der Waals surface area (Å²) in [5, 5.41) is 8.00. The largest absolute Gasteiger partial charge is 0.471 e. The van der Waals surface area contributed by atoms with E-state index >= 15 is 0 Å². The number of likely N-dealkylation sites (tertiary alicyclic amines) is 1. The number of nitrogens with zero attached hydrogens (tertiary/aromatic N) is 3. The standard InChI is InChI=1S/C15H23N3O2/c1-3-4-7-15(19)18-10-5-6-13(11-18)20-14-9-8-12(2)16-17-14/h8-9,13H,3-7,10-11H2,1-2H3. The molecule has 0 aromatic carbocycles. The molecule has 0 aliphatic carbocycles. The van der Waals surface area contributed by atoms with Crippen molar-refractivity contribution in [1.82, 2.24) is 15.1 Å². The first-order chi connectivity index (χ1) is 9.69. The van der Waals surface area contributed by atoms with Gasteiger partial charge in [-0.25, -0.2) is 0 Å². The molecule has 0 radical (unpaired) electrons. The van der Waals surface area contributed by atoms with E-state index in [0.717, 1.165) is 37.9 Å². The van der Waals surface area contributed by atoms with Crippen molar-refractivity contribution in [2.45, 2.75) is 52.1 Å². The van der Waals surface area contributed by atoms with E-state index in [1.807, 2.05) is 24.0 Å². The number of rotatable bonds is 5. The molecule has 0 N–H and O–H groups in total. The van der Waals surface area contributed by atoms with Crippen molar-refractivity contribution in [2.24, 2.45) is 0 Å². The number of aryl methyl sites for hydroxylation is 1. The molecule has 1 unspecified atom stereocenters. The van der Waals surface area contributed by atoms with Gasteiger partial charge in [-0.1, -0.05) is 13.3 Å². The second-order valence-corrected chi connectivity index (χ2v) is 5.34. The van der Waals surface area contributed by atoms with Gasteiger partial charge in [-0.05, 0) is 32.3 Å². The van der Waals surface area contributed by atoms with Gasteiger partial charge >= 0.3 is 0 Å². The van der Waals surface area contributed by atoms with Crippen LogP contribution in [0.25, 0.3) is 0 Å². The summed E-state index contributed by atoms with van der Waals surface area (Å²) < 4.78 is 5.83. The number of carbonyl (C=O) groups excluding carboxylic acids is 1. The number of hydrogen-bond acceptors (Lipinski definition) is 4. The van der Waals surface area contributed by atoms with Gasteiger partial charge in [-0.3, -0.25) is 4.79 Å².